The molecule has 6 aromatic carbocycles. The number of hydrogen-bond donors (Lipinski definition) is 1. The van der Waals surface area contributed by atoms with Crippen LogP contribution in [-0.4, -0.2) is 9.55 Å². The Hall–Kier alpha value is -5.28. The molecule has 3 heteroatoms. The number of para-hydroxylation sites is 4. The molecule has 0 aliphatic heterocycles. The molecule has 0 atom stereocenters. The van der Waals surface area contributed by atoms with Crippen LogP contribution in [0.15, 0.2) is 132 Å². The van der Waals surface area contributed by atoms with Gasteiger partial charge in [0.1, 0.15) is 11.2 Å². The number of fused-ring (bicyclic) bond motifs is 10. The Morgan fingerprint density at radius 1 is 0.462 bits per heavy atom. The number of benzene rings is 6. The average Bonchev–Trinajstić information content (AvgIpc) is 3.66. The Labute approximate surface area is 223 Å². The third-order valence-corrected chi connectivity index (χ3v) is 8.13. The highest BCUT2D eigenvalue weighted by atomic mass is 16.3. The largest absolute Gasteiger partial charge is 0.455 e. The lowest BCUT2D eigenvalue weighted by Gasteiger charge is -2.08. The summed E-state index contributed by atoms with van der Waals surface area (Å²) in [4.78, 5) is 3.73. The summed E-state index contributed by atoms with van der Waals surface area (Å²) in [5.41, 5.74) is 9.96. The van der Waals surface area contributed by atoms with Crippen LogP contribution in [0.25, 0.3) is 82.4 Å². The molecule has 0 saturated heterocycles. The molecule has 3 aromatic heterocycles. The predicted molar refractivity (Wildman–Crippen MR) is 163 cm³/mol. The van der Waals surface area contributed by atoms with Crippen LogP contribution in [0.5, 0.6) is 0 Å². The van der Waals surface area contributed by atoms with E-state index >= 15 is 0 Å². The molecule has 9 aromatic rings. The molecular weight excluding hydrogens is 476 g/mol. The first-order valence-electron chi connectivity index (χ1n) is 13.3. The molecule has 9 rings (SSSR count). The van der Waals surface area contributed by atoms with E-state index in [2.05, 4.69) is 125 Å². The zero-order chi connectivity index (χ0) is 25.5. The molecule has 182 valence electrons. The van der Waals surface area contributed by atoms with Crippen LogP contribution in [0, 0.1) is 0 Å². The van der Waals surface area contributed by atoms with Crippen LogP contribution < -0.4 is 0 Å². The van der Waals surface area contributed by atoms with Crippen LogP contribution >= 0.6 is 0 Å². The number of nitrogens with zero attached hydrogens (tertiary/aromatic N) is 1. The standard InChI is InChI=1S/C36H22N2O/c1-2-10-22(11-3-1)38-30-18-6-4-13-27(30)34-31(38)21-20-29-35(34)33-24(14-9-17-28(33)37-29)26-16-8-15-25-23-12-5-7-19-32(23)39-36(25)26/h1-21,37H. The van der Waals surface area contributed by atoms with Crippen LogP contribution in [0.4, 0.5) is 0 Å². The molecule has 39 heavy (non-hydrogen) atoms. The smallest absolute Gasteiger partial charge is 0.143 e. The van der Waals surface area contributed by atoms with E-state index < -0.39 is 0 Å². The fourth-order valence-corrected chi connectivity index (χ4v) is 6.53. The summed E-state index contributed by atoms with van der Waals surface area (Å²) in [6, 6.07) is 45.2. The molecule has 0 aliphatic rings. The first-order valence-corrected chi connectivity index (χ1v) is 13.3. The zero-order valence-electron chi connectivity index (χ0n) is 21.0. The van der Waals surface area contributed by atoms with Gasteiger partial charge < -0.3 is 14.0 Å². The molecule has 1 N–H and O–H groups in total. The van der Waals surface area contributed by atoms with Crippen molar-refractivity contribution < 1.29 is 4.42 Å². The number of aromatic amines is 1. The summed E-state index contributed by atoms with van der Waals surface area (Å²) in [7, 11) is 0. The van der Waals surface area contributed by atoms with Crippen molar-refractivity contribution in [2.45, 2.75) is 0 Å². The summed E-state index contributed by atoms with van der Waals surface area (Å²) in [6.07, 6.45) is 0. The van der Waals surface area contributed by atoms with Crippen molar-refractivity contribution >= 4 is 65.6 Å². The Bertz CT molecular complexity index is 2390. The van der Waals surface area contributed by atoms with Gasteiger partial charge in [-0.15, -0.1) is 0 Å². The lowest BCUT2D eigenvalue weighted by atomic mass is 9.96. The van der Waals surface area contributed by atoms with Crippen molar-refractivity contribution in [1.29, 1.82) is 0 Å². The summed E-state index contributed by atoms with van der Waals surface area (Å²) in [5.74, 6) is 0. The van der Waals surface area contributed by atoms with Crippen molar-refractivity contribution in [3.63, 3.8) is 0 Å². The van der Waals surface area contributed by atoms with Gasteiger partial charge in [0, 0.05) is 54.6 Å². The minimum Gasteiger partial charge on any atom is -0.455 e. The van der Waals surface area contributed by atoms with E-state index in [4.69, 9.17) is 4.42 Å². The second kappa shape index (κ2) is 7.62. The molecule has 0 aliphatic carbocycles. The van der Waals surface area contributed by atoms with E-state index in [1.165, 1.54) is 38.1 Å². The lowest BCUT2D eigenvalue weighted by molar-refractivity contribution is 0.670. The maximum Gasteiger partial charge on any atom is 0.143 e. The highest BCUT2D eigenvalue weighted by Crippen LogP contribution is 2.44. The van der Waals surface area contributed by atoms with Gasteiger partial charge in [0.25, 0.3) is 0 Å². The minimum absolute atomic E-state index is 0.916. The van der Waals surface area contributed by atoms with Gasteiger partial charge in [-0.1, -0.05) is 84.9 Å². The number of hydrogen-bond acceptors (Lipinski definition) is 1. The molecule has 0 unspecified atom stereocenters. The Morgan fingerprint density at radius 2 is 1.18 bits per heavy atom. The van der Waals surface area contributed by atoms with E-state index in [1.54, 1.807) is 0 Å². The summed E-state index contributed by atoms with van der Waals surface area (Å²) in [5, 5.41) is 7.28. The van der Waals surface area contributed by atoms with Crippen LogP contribution in [0.1, 0.15) is 0 Å². The maximum absolute atomic E-state index is 6.48. The SMILES string of the molecule is c1ccc(-n2c3ccccc3c3c4c(ccc32)[nH]c2cccc(-c3cccc5c3oc3ccccc35)c24)cc1. The first kappa shape index (κ1) is 20.7. The Balaban J connectivity index is 1.47. The second-order valence-electron chi connectivity index (χ2n) is 10.2. The maximum atomic E-state index is 6.48. The van der Waals surface area contributed by atoms with Crippen molar-refractivity contribution in [2.24, 2.45) is 0 Å². The van der Waals surface area contributed by atoms with Gasteiger partial charge >= 0.3 is 0 Å². The van der Waals surface area contributed by atoms with Crippen molar-refractivity contribution in [1.82, 2.24) is 9.55 Å². The van der Waals surface area contributed by atoms with Gasteiger partial charge in [-0.05, 0) is 48.0 Å². The Morgan fingerprint density at radius 3 is 2.10 bits per heavy atom. The first-order chi connectivity index (χ1) is 19.4. The molecule has 0 fully saturated rings. The molecule has 3 nitrogen and oxygen atoms in total. The van der Waals surface area contributed by atoms with E-state index in [-0.39, 0.29) is 0 Å². The van der Waals surface area contributed by atoms with Crippen LogP contribution in [0.2, 0.25) is 0 Å². The van der Waals surface area contributed by atoms with Crippen LogP contribution in [-0.2, 0) is 0 Å². The second-order valence-corrected chi connectivity index (χ2v) is 10.2. The van der Waals surface area contributed by atoms with Crippen molar-refractivity contribution in [3.8, 4) is 16.8 Å². The average molecular weight is 499 g/mol. The van der Waals surface area contributed by atoms with Crippen LogP contribution in [0.3, 0.4) is 0 Å². The number of aromatic nitrogens is 2. The number of H-pyrrole nitrogens is 1. The molecule has 3 heterocycles. The van der Waals surface area contributed by atoms with E-state index in [0.717, 1.165) is 44.2 Å². The molecule has 0 radical (unpaired) electrons. The fraction of sp³-hybridized carbons (Fsp3) is 0. The molecule has 0 amide bonds. The highest BCUT2D eigenvalue weighted by molar-refractivity contribution is 6.31. The highest BCUT2D eigenvalue weighted by Gasteiger charge is 2.20. The van der Waals surface area contributed by atoms with Crippen molar-refractivity contribution in [3.05, 3.63) is 127 Å². The van der Waals surface area contributed by atoms with E-state index in [1.807, 2.05) is 12.1 Å². The van der Waals surface area contributed by atoms with Gasteiger partial charge in [-0.25, -0.2) is 0 Å². The topological polar surface area (TPSA) is 33.9 Å². The summed E-state index contributed by atoms with van der Waals surface area (Å²) < 4.78 is 8.86. The molecule has 0 spiro atoms. The van der Waals surface area contributed by atoms with Gasteiger partial charge in [0.15, 0.2) is 0 Å². The van der Waals surface area contributed by atoms with Gasteiger partial charge in [0.05, 0.1) is 11.0 Å². The molecular formula is C36H22N2O. The third-order valence-electron chi connectivity index (χ3n) is 8.13. The molecule has 0 saturated carbocycles. The van der Waals surface area contributed by atoms with Gasteiger partial charge in [0.2, 0.25) is 0 Å². The zero-order valence-corrected chi connectivity index (χ0v) is 21.0. The third kappa shape index (κ3) is 2.76. The van der Waals surface area contributed by atoms with E-state index in [0.29, 0.717) is 0 Å². The number of nitrogens with one attached hydrogen (secondary N) is 1. The summed E-state index contributed by atoms with van der Waals surface area (Å²) >= 11 is 0. The lowest BCUT2D eigenvalue weighted by Crippen LogP contribution is -1.92. The Kier molecular flexibility index (Phi) is 4.05. The quantitative estimate of drug-likeness (QED) is 0.253. The summed E-state index contributed by atoms with van der Waals surface area (Å²) in [6.45, 7) is 0. The van der Waals surface area contributed by atoms with Gasteiger partial charge in [-0.3, -0.25) is 0 Å². The fourth-order valence-electron chi connectivity index (χ4n) is 6.53. The predicted octanol–water partition coefficient (Wildman–Crippen LogP) is 9.98. The molecule has 0 bridgehead atoms. The van der Waals surface area contributed by atoms with E-state index in [9.17, 15) is 0 Å². The monoisotopic (exact) mass is 498 g/mol. The van der Waals surface area contributed by atoms with Gasteiger partial charge in [-0.2, -0.15) is 0 Å². The van der Waals surface area contributed by atoms with Crippen molar-refractivity contribution in [2.75, 3.05) is 0 Å². The normalized spacial score (nSPS) is 12.1. The number of furan rings is 1. The minimum atomic E-state index is 0.916. The number of rotatable bonds is 2.